The van der Waals surface area contributed by atoms with Crippen molar-refractivity contribution in [3.63, 3.8) is 0 Å². The van der Waals surface area contributed by atoms with E-state index in [9.17, 15) is 0 Å². The lowest BCUT2D eigenvalue weighted by atomic mass is 10.0. The molecule has 3 aromatic rings. The van der Waals surface area contributed by atoms with Crippen LogP contribution in [0.25, 0.3) is 22.6 Å². The van der Waals surface area contributed by atoms with Gasteiger partial charge in [-0.1, -0.05) is 0 Å². The largest absolute Gasteiger partial charge is 0.490 e. The van der Waals surface area contributed by atoms with E-state index in [4.69, 9.17) is 18.3 Å². The van der Waals surface area contributed by atoms with Crippen LogP contribution in [0.2, 0.25) is 0 Å². The fourth-order valence-corrected chi connectivity index (χ4v) is 2.51. The van der Waals surface area contributed by atoms with Crippen molar-refractivity contribution in [1.29, 1.82) is 0 Å². The highest BCUT2D eigenvalue weighted by atomic mass is 16.5. The van der Waals surface area contributed by atoms with Gasteiger partial charge in [0.15, 0.2) is 0 Å². The molecule has 0 bridgehead atoms. The van der Waals surface area contributed by atoms with Crippen molar-refractivity contribution in [3.8, 4) is 34.1 Å². The van der Waals surface area contributed by atoms with Crippen molar-refractivity contribution >= 4 is 0 Å². The molecule has 2 aromatic heterocycles. The lowest BCUT2D eigenvalue weighted by Gasteiger charge is -2.19. The fraction of sp³-hybridized carbons (Fsp3) is 0.300. The Morgan fingerprint density at radius 3 is 1.42 bits per heavy atom. The molecule has 0 amide bonds. The summed E-state index contributed by atoms with van der Waals surface area (Å²) in [6.07, 6.45) is 3.38. The average molecular weight is 326 g/mol. The summed E-state index contributed by atoms with van der Waals surface area (Å²) in [7, 11) is 0. The van der Waals surface area contributed by atoms with E-state index in [0.717, 1.165) is 34.1 Å². The van der Waals surface area contributed by atoms with Gasteiger partial charge in [-0.25, -0.2) is 0 Å². The Morgan fingerprint density at radius 1 is 0.708 bits per heavy atom. The predicted molar refractivity (Wildman–Crippen MR) is 93.4 cm³/mol. The van der Waals surface area contributed by atoms with Gasteiger partial charge in [-0.2, -0.15) is 0 Å². The minimum Gasteiger partial charge on any atom is -0.490 e. The average Bonchev–Trinajstić information content (AvgIpc) is 3.20. The Hall–Kier alpha value is -2.62. The van der Waals surface area contributed by atoms with Gasteiger partial charge in [-0.05, 0) is 64.1 Å². The lowest BCUT2D eigenvalue weighted by molar-refractivity contribution is 0.236. The van der Waals surface area contributed by atoms with Crippen molar-refractivity contribution in [2.45, 2.75) is 39.9 Å². The predicted octanol–water partition coefficient (Wildman–Crippen LogP) is 5.78. The highest BCUT2D eigenvalue weighted by molar-refractivity contribution is 5.77. The molecular weight excluding hydrogens is 304 g/mol. The molecule has 4 nitrogen and oxygen atoms in total. The maximum atomic E-state index is 6.01. The zero-order chi connectivity index (χ0) is 17.1. The Balaban J connectivity index is 2.18. The molecule has 0 aliphatic carbocycles. The third-order valence-corrected chi connectivity index (χ3v) is 3.38. The molecule has 0 unspecified atom stereocenters. The SMILES string of the molecule is CC(C)Oc1cc(-c2ccco2)c(OC(C)C)cc1-c1ccco1. The third-order valence-electron chi connectivity index (χ3n) is 3.38. The number of furan rings is 2. The van der Waals surface area contributed by atoms with Gasteiger partial charge in [-0.3, -0.25) is 0 Å². The Kier molecular flexibility index (Phi) is 4.65. The van der Waals surface area contributed by atoms with Crippen LogP contribution >= 0.6 is 0 Å². The fourth-order valence-electron chi connectivity index (χ4n) is 2.51. The van der Waals surface area contributed by atoms with Crippen LogP contribution in [0.1, 0.15) is 27.7 Å². The summed E-state index contributed by atoms with van der Waals surface area (Å²) < 4.78 is 23.2. The molecule has 2 heterocycles. The summed E-state index contributed by atoms with van der Waals surface area (Å²) in [5.74, 6) is 2.96. The first kappa shape index (κ1) is 16.2. The van der Waals surface area contributed by atoms with Crippen LogP contribution < -0.4 is 9.47 Å². The van der Waals surface area contributed by atoms with Crippen molar-refractivity contribution in [2.24, 2.45) is 0 Å². The molecule has 1 aromatic carbocycles. The zero-order valence-electron chi connectivity index (χ0n) is 14.4. The monoisotopic (exact) mass is 326 g/mol. The molecule has 24 heavy (non-hydrogen) atoms. The highest BCUT2D eigenvalue weighted by Crippen LogP contribution is 2.42. The van der Waals surface area contributed by atoms with Crippen LogP contribution in [-0.4, -0.2) is 12.2 Å². The number of hydrogen-bond acceptors (Lipinski definition) is 4. The molecule has 126 valence electrons. The first-order valence-corrected chi connectivity index (χ1v) is 8.13. The third kappa shape index (κ3) is 3.48. The van der Waals surface area contributed by atoms with Crippen molar-refractivity contribution in [1.82, 2.24) is 0 Å². The van der Waals surface area contributed by atoms with Gasteiger partial charge in [-0.15, -0.1) is 0 Å². The topological polar surface area (TPSA) is 44.7 Å². The maximum Gasteiger partial charge on any atom is 0.137 e. The second-order valence-corrected chi connectivity index (χ2v) is 6.13. The summed E-state index contributed by atoms with van der Waals surface area (Å²) in [6, 6.07) is 11.4. The van der Waals surface area contributed by atoms with E-state index in [2.05, 4.69) is 0 Å². The van der Waals surface area contributed by atoms with Crippen LogP contribution in [0.3, 0.4) is 0 Å². The highest BCUT2D eigenvalue weighted by Gasteiger charge is 2.19. The minimum absolute atomic E-state index is 0.0417. The lowest BCUT2D eigenvalue weighted by Crippen LogP contribution is -2.09. The standard InChI is InChI=1S/C20H22O4/c1-13(2)23-19-11-16(18-8-6-10-22-18)20(24-14(3)4)12-15(19)17-7-5-9-21-17/h5-14H,1-4H3. The zero-order valence-corrected chi connectivity index (χ0v) is 14.4. The normalized spacial score (nSPS) is 11.2. The van der Waals surface area contributed by atoms with E-state index in [0.29, 0.717) is 0 Å². The Morgan fingerprint density at radius 2 is 1.12 bits per heavy atom. The van der Waals surface area contributed by atoms with Crippen LogP contribution in [0.15, 0.2) is 57.8 Å². The molecule has 3 rings (SSSR count). The van der Waals surface area contributed by atoms with E-state index in [1.54, 1.807) is 12.5 Å². The summed E-state index contributed by atoms with van der Waals surface area (Å²) in [5.41, 5.74) is 1.72. The summed E-state index contributed by atoms with van der Waals surface area (Å²) in [6.45, 7) is 7.99. The van der Waals surface area contributed by atoms with Gasteiger partial charge in [0.05, 0.1) is 35.9 Å². The van der Waals surface area contributed by atoms with Gasteiger partial charge in [0, 0.05) is 0 Å². The van der Waals surface area contributed by atoms with Crippen molar-refractivity contribution < 1.29 is 18.3 Å². The molecular formula is C20H22O4. The minimum atomic E-state index is 0.0417. The Labute approximate surface area is 142 Å². The summed E-state index contributed by atoms with van der Waals surface area (Å²) >= 11 is 0. The molecule has 0 atom stereocenters. The first-order valence-electron chi connectivity index (χ1n) is 8.13. The van der Waals surface area contributed by atoms with E-state index in [1.807, 2.05) is 64.1 Å². The smallest absolute Gasteiger partial charge is 0.137 e. The molecule has 0 radical (unpaired) electrons. The van der Waals surface area contributed by atoms with E-state index >= 15 is 0 Å². The number of rotatable bonds is 6. The van der Waals surface area contributed by atoms with Gasteiger partial charge < -0.3 is 18.3 Å². The van der Waals surface area contributed by atoms with E-state index < -0.39 is 0 Å². The van der Waals surface area contributed by atoms with E-state index in [1.165, 1.54) is 0 Å². The van der Waals surface area contributed by atoms with Crippen molar-refractivity contribution in [2.75, 3.05) is 0 Å². The van der Waals surface area contributed by atoms with Crippen LogP contribution in [0.5, 0.6) is 11.5 Å². The van der Waals surface area contributed by atoms with Gasteiger partial charge >= 0.3 is 0 Å². The Bertz CT molecular complexity index is 700. The maximum absolute atomic E-state index is 6.01. The molecule has 0 saturated carbocycles. The molecule has 0 aliphatic rings. The quantitative estimate of drug-likeness (QED) is 0.576. The molecule has 0 N–H and O–H groups in total. The molecule has 0 saturated heterocycles. The van der Waals surface area contributed by atoms with Gasteiger partial charge in [0.1, 0.15) is 23.0 Å². The summed E-state index contributed by atoms with van der Waals surface area (Å²) in [5, 5.41) is 0. The number of ether oxygens (including phenoxy) is 2. The molecule has 0 aliphatic heterocycles. The number of hydrogen-bond donors (Lipinski definition) is 0. The van der Waals surface area contributed by atoms with Gasteiger partial charge in [0.2, 0.25) is 0 Å². The van der Waals surface area contributed by atoms with Crippen LogP contribution in [0.4, 0.5) is 0 Å². The van der Waals surface area contributed by atoms with E-state index in [-0.39, 0.29) is 12.2 Å². The van der Waals surface area contributed by atoms with Crippen molar-refractivity contribution in [3.05, 3.63) is 48.9 Å². The summed E-state index contributed by atoms with van der Waals surface area (Å²) in [4.78, 5) is 0. The van der Waals surface area contributed by atoms with Gasteiger partial charge in [0.25, 0.3) is 0 Å². The second kappa shape index (κ2) is 6.87. The first-order chi connectivity index (χ1) is 11.5. The van der Waals surface area contributed by atoms with Crippen LogP contribution in [-0.2, 0) is 0 Å². The second-order valence-electron chi connectivity index (χ2n) is 6.13. The molecule has 4 heteroatoms. The molecule has 0 fully saturated rings. The van der Waals surface area contributed by atoms with Crippen LogP contribution in [0, 0.1) is 0 Å². The number of benzene rings is 1. The molecule has 0 spiro atoms.